The van der Waals surface area contributed by atoms with E-state index < -0.39 is 0 Å². The molecule has 1 rings (SSSR count). The minimum atomic E-state index is -0.112. The highest BCUT2D eigenvalue weighted by molar-refractivity contribution is 5.94. The molecule has 0 aliphatic rings. The van der Waals surface area contributed by atoms with Crippen molar-refractivity contribution in [3.8, 4) is 0 Å². The molecule has 6 nitrogen and oxygen atoms in total. The van der Waals surface area contributed by atoms with Crippen LogP contribution in [0.5, 0.6) is 0 Å². The van der Waals surface area contributed by atoms with Gasteiger partial charge in [-0.05, 0) is 19.9 Å². The SMILES string of the molecule is COCCNC(=O)c1cnn(CCCN)c1C. The summed E-state index contributed by atoms with van der Waals surface area (Å²) in [6.45, 7) is 4.26. The normalized spacial score (nSPS) is 10.5. The zero-order valence-electron chi connectivity index (χ0n) is 10.4. The summed E-state index contributed by atoms with van der Waals surface area (Å²) in [4.78, 5) is 11.8. The van der Waals surface area contributed by atoms with Gasteiger partial charge in [-0.2, -0.15) is 5.10 Å². The number of hydrogen-bond acceptors (Lipinski definition) is 4. The van der Waals surface area contributed by atoms with E-state index in [1.165, 1.54) is 0 Å². The highest BCUT2D eigenvalue weighted by Crippen LogP contribution is 2.07. The second-order valence-electron chi connectivity index (χ2n) is 3.76. The second kappa shape index (κ2) is 7.03. The van der Waals surface area contributed by atoms with Crippen LogP contribution in [0.15, 0.2) is 6.20 Å². The van der Waals surface area contributed by atoms with Crippen LogP contribution in [0.2, 0.25) is 0 Å². The fraction of sp³-hybridized carbons (Fsp3) is 0.636. The number of carbonyl (C=O) groups is 1. The zero-order valence-corrected chi connectivity index (χ0v) is 10.4. The van der Waals surface area contributed by atoms with E-state index in [1.807, 2.05) is 6.92 Å². The quantitative estimate of drug-likeness (QED) is 0.653. The van der Waals surface area contributed by atoms with Crippen LogP contribution in [0.4, 0.5) is 0 Å². The summed E-state index contributed by atoms with van der Waals surface area (Å²) in [5.74, 6) is -0.112. The average Bonchev–Trinajstić information content (AvgIpc) is 2.68. The Morgan fingerprint density at radius 3 is 3.06 bits per heavy atom. The predicted molar refractivity (Wildman–Crippen MR) is 64.8 cm³/mol. The minimum absolute atomic E-state index is 0.112. The number of aromatic nitrogens is 2. The van der Waals surface area contributed by atoms with Crippen LogP contribution in [0.25, 0.3) is 0 Å². The lowest BCUT2D eigenvalue weighted by atomic mass is 10.2. The Kier molecular flexibility index (Phi) is 5.65. The van der Waals surface area contributed by atoms with E-state index in [-0.39, 0.29) is 5.91 Å². The third-order valence-electron chi connectivity index (χ3n) is 2.51. The molecule has 0 saturated heterocycles. The van der Waals surface area contributed by atoms with Crippen molar-refractivity contribution in [2.45, 2.75) is 19.9 Å². The maximum absolute atomic E-state index is 11.8. The van der Waals surface area contributed by atoms with Crippen molar-refractivity contribution in [1.29, 1.82) is 0 Å². The van der Waals surface area contributed by atoms with Gasteiger partial charge in [0, 0.05) is 25.9 Å². The molecule has 3 N–H and O–H groups in total. The molecule has 17 heavy (non-hydrogen) atoms. The van der Waals surface area contributed by atoms with E-state index in [9.17, 15) is 4.79 Å². The van der Waals surface area contributed by atoms with Gasteiger partial charge in [0.15, 0.2) is 0 Å². The van der Waals surface area contributed by atoms with Crippen molar-refractivity contribution in [2.75, 3.05) is 26.8 Å². The number of aryl methyl sites for hydroxylation is 1. The number of ether oxygens (including phenoxy) is 1. The van der Waals surface area contributed by atoms with E-state index in [2.05, 4.69) is 10.4 Å². The third kappa shape index (κ3) is 3.83. The third-order valence-corrected chi connectivity index (χ3v) is 2.51. The van der Waals surface area contributed by atoms with Crippen LogP contribution in [0.3, 0.4) is 0 Å². The zero-order chi connectivity index (χ0) is 12.7. The summed E-state index contributed by atoms with van der Waals surface area (Å²) in [5, 5.41) is 6.94. The summed E-state index contributed by atoms with van der Waals surface area (Å²) in [6, 6.07) is 0. The van der Waals surface area contributed by atoms with Gasteiger partial charge in [-0.3, -0.25) is 9.48 Å². The monoisotopic (exact) mass is 240 g/mol. The summed E-state index contributed by atoms with van der Waals surface area (Å²) in [7, 11) is 1.60. The number of methoxy groups -OCH3 is 1. The fourth-order valence-electron chi connectivity index (χ4n) is 1.50. The molecule has 1 amide bonds. The number of hydrogen-bond donors (Lipinski definition) is 2. The van der Waals surface area contributed by atoms with Crippen LogP contribution in [0.1, 0.15) is 22.5 Å². The van der Waals surface area contributed by atoms with Gasteiger partial charge in [-0.15, -0.1) is 0 Å². The van der Waals surface area contributed by atoms with E-state index in [0.29, 0.717) is 25.3 Å². The predicted octanol–water partition coefficient (Wildman–Crippen LogP) is -0.0835. The Morgan fingerprint density at radius 1 is 1.65 bits per heavy atom. The average molecular weight is 240 g/mol. The molecule has 0 unspecified atom stereocenters. The van der Waals surface area contributed by atoms with Crippen molar-refractivity contribution >= 4 is 5.91 Å². The number of nitrogens with two attached hydrogens (primary N) is 1. The van der Waals surface area contributed by atoms with E-state index in [0.717, 1.165) is 18.7 Å². The Morgan fingerprint density at radius 2 is 2.41 bits per heavy atom. The number of nitrogens with one attached hydrogen (secondary N) is 1. The van der Waals surface area contributed by atoms with Gasteiger partial charge < -0.3 is 15.8 Å². The second-order valence-corrected chi connectivity index (χ2v) is 3.76. The lowest BCUT2D eigenvalue weighted by molar-refractivity contribution is 0.0936. The van der Waals surface area contributed by atoms with Gasteiger partial charge in [0.05, 0.1) is 18.4 Å². The Bertz CT molecular complexity index is 362. The lowest BCUT2D eigenvalue weighted by Gasteiger charge is -2.05. The van der Waals surface area contributed by atoms with Crippen LogP contribution in [0, 0.1) is 6.92 Å². The first-order chi connectivity index (χ1) is 8.20. The van der Waals surface area contributed by atoms with E-state index in [1.54, 1.807) is 18.0 Å². The lowest BCUT2D eigenvalue weighted by Crippen LogP contribution is -2.27. The smallest absolute Gasteiger partial charge is 0.254 e. The van der Waals surface area contributed by atoms with Crippen LogP contribution in [-0.4, -0.2) is 42.5 Å². The van der Waals surface area contributed by atoms with Gasteiger partial charge in [0.25, 0.3) is 5.91 Å². The highest BCUT2D eigenvalue weighted by atomic mass is 16.5. The molecule has 0 bridgehead atoms. The summed E-state index contributed by atoms with van der Waals surface area (Å²) in [6.07, 6.45) is 2.45. The molecule has 0 saturated carbocycles. The molecule has 1 heterocycles. The van der Waals surface area contributed by atoms with E-state index >= 15 is 0 Å². The maximum Gasteiger partial charge on any atom is 0.254 e. The Labute approximate surface area is 101 Å². The van der Waals surface area contributed by atoms with Crippen molar-refractivity contribution in [2.24, 2.45) is 5.73 Å². The first-order valence-electron chi connectivity index (χ1n) is 5.70. The van der Waals surface area contributed by atoms with Gasteiger partial charge in [-0.1, -0.05) is 0 Å². The number of nitrogens with zero attached hydrogens (tertiary/aromatic N) is 2. The molecular weight excluding hydrogens is 220 g/mol. The number of amides is 1. The fourth-order valence-corrected chi connectivity index (χ4v) is 1.50. The minimum Gasteiger partial charge on any atom is -0.383 e. The summed E-state index contributed by atoms with van der Waals surface area (Å²) < 4.78 is 6.67. The first kappa shape index (κ1) is 13.7. The molecule has 0 aromatic carbocycles. The van der Waals surface area contributed by atoms with Crippen molar-refractivity contribution < 1.29 is 9.53 Å². The van der Waals surface area contributed by atoms with Crippen molar-refractivity contribution in [3.05, 3.63) is 17.5 Å². The summed E-state index contributed by atoms with van der Waals surface area (Å²) >= 11 is 0. The Balaban J connectivity index is 2.58. The van der Waals surface area contributed by atoms with Crippen LogP contribution in [-0.2, 0) is 11.3 Å². The largest absolute Gasteiger partial charge is 0.383 e. The highest BCUT2D eigenvalue weighted by Gasteiger charge is 2.13. The van der Waals surface area contributed by atoms with Gasteiger partial charge in [0.1, 0.15) is 0 Å². The molecular formula is C11H20N4O2. The summed E-state index contributed by atoms with van der Waals surface area (Å²) in [5.41, 5.74) is 6.92. The van der Waals surface area contributed by atoms with Crippen molar-refractivity contribution in [3.63, 3.8) is 0 Å². The maximum atomic E-state index is 11.8. The molecule has 0 aliphatic carbocycles. The van der Waals surface area contributed by atoms with Crippen LogP contribution >= 0.6 is 0 Å². The molecule has 6 heteroatoms. The van der Waals surface area contributed by atoms with Gasteiger partial charge in [0.2, 0.25) is 0 Å². The van der Waals surface area contributed by atoms with Gasteiger partial charge in [-0.25, -0.2) is 0 Å². The van der Waals surface area contributed by atoms with Crippen LogP contribution < -0.4 is 11.1 Å². The standard InChI is InChI=1S/C11H20N4O2/c1-9-10(11(16)13-5-7-17-2)8-14-15(9)6-3-4-12/h8H,3-7,12H2,1-2H3,(H,13,16). The molecule has 1 aromatic rings. The molecule has 96 valence electrons. The van der Waals surface area contributed by atoms with E-state index in [4.69, 9.17) is 10.5 Å². The Hall–Kier alpha value is -1.40. The molecule has 1 aromatic heterocycles. The molecule has 0 radical (unpaired) electrons. The number of rotatable bonds is 7. The van der Waals surface area contributed by atoms with Crippen molar-refractivity contribution in [1.82, 2.24) is 15.1 Å². The first-order valence-corrected chi connectivity index (χ1v) is 5.70. The van der Waals surface area contributed by atoms with Gasteiger partial charge >= 0.3 is 0 Å². The topological polar surface area (TPSA) is 82.2 Å². The molecule has 0 fully saturated rings. The number of carbonyl (C=O) groups excluding carboxylic acids is 1. The molecule has 0 aliphatic heterocycles. The molecule has 0 atom stereocenters. The molecule has 0 spiro atoms.